The Hall–Kier alpha value is -2.69. The molecule has 2 amide bonds. The van der Waals surface area contributed by atoms with E-state index in [-0.39, 0.29) is 17.6 Å². The van der Waals surface area contributed by atoms with Crippen LogP contribution < -0.4 is 10.6 Å². The average Bonchev–Trinajstić information content (AvgIpc) is 3.36. The van der Waals surface area contributed by atoms with E-state index in [0.717, 1.165) is 22.4 Å². The molecule has 1 fully saturated rings. The van der Waals surface area contributed by atoms with Crippen LogP contribution in [-0.4, -0.2) is 11.8 Å². The van der Waals surface area contributed by atoms with E-state index in [9.17, 15) is 14.0 Å². The second-order valence-electron chi connectivity index (χ2n) is 6.75. The van der Waals surface area contributed by atoms with Gasteiger partial charge in [0, 0.05) is 11.4 Å². The van der Waals surface area contributed by atoms with Crippen LogP contribution in [0.3, 0.4) is 0 Å². The number of anilines is 2. The van der Waals surface area contributed by atoms with Crippen molar-refractivity contribution in [1.29, 1.82) is 0 Å². The molecule has 0 bridgehead atoms. The molecule has 3 rings (SSSR count). The van der Waals surface area contributed by atoms with Crippen LogP contribution in [0.25, 0.3) is 0 Å². The third kappa shape index (κ3) is 3.40. The fraction of sp³-hybridized carbons (Fsp3) is 0.300. The standard InChI is InChI=1S/C20H21FN2O2/c1-12-10-14(3)17(11-13(12)2)23-19(25)20(8-9-20)18(24)22-16-6-4-15(21)5-7-16/h4-7,10-11H,8-9H2,1-3H3,(H,22,24)(H,23,25). The Balaban J connectivity index is 1.74. The minimum absolute atomic E-state index is 0.293. The highest BCUT2D eigenvalue weighted by Crippen LogP contribution is 2.47. The molecular weight excluding hydrogens is 319 g/mol. The minimum Gasteiger partial charge on any atom is -0.325 e. The lowest BCUT2D eigenvalue weighted by Gasteiger charge is -2.17. The fourth-order valence-electron chi connectivity index (χ4n) is 2.80. The van der Waals surface area contributed by atoms with Gasteiger partial charge in [-0.2, -0.15) is 0 Å². The molecule has 1 aliphatic carbocycles. The lowest BCUT2D eigenvalue weighted by atomic mass is 10.0. The summed E-state index contributed by atoms with van der Waals surface area (Å²) in [7, 11) is 0. The van der Waals surface area contributed by atoms with Crippen LogP contribution in [0.1, 0.15) is 29.5 Å². The number of nitrogens with one attached hydrogen (secondary N) is 2. The van der Waals surface area contributed by atoms with Crippen LogP contribution >= 0.6 is 0 Å². The number of benzene rings is 2. The van der Waals surface area contributed by atoms with E-state index in [2.05, 4.69) is 10.6 Å². The lowest BCUT2D eigenvalue weighted by molar-refractivity contribution is -0.131. The molecule has 2 N–H and O–H groups in total. The van der Waals surface area contributed by atoms with E-state index in [1.165, 1.54) is 24.3 Å². The van der Waals surface area contributed by atoms with Gasteiger partial charge in [0.15, 0.2) is 0 Å². The van der Waals surface area contributed by atoms with E-state index < -0.39 is 5.41 Å². The predicted octanol–water partition coefficient (Wildman–Crippen LogP) is 4.11. The van der Waals surface area contributed by atoms with E-state index >= 15 is 0 Å². The smallest absolute Gasteiger partial charge is 0.240 e. The van der Waals surface area contributed by atoms with Crippen LogP contribution in [0, 0.1) is 32.0 Å². The van der Waals surface area contributed by atoms with Crippen molar-refractivity contribution in [2.24, 2.45) is 5.41 Å². The highest BCUT2D eigenvalue weighted by atomic mass is 19.1. The number of rotatable bonds is 4. The van der Waals surface area contributed by atoms with Crippen LogP contribution in [0.5, 0.6) is 0 Å². The van der Waals surface area contributed by atoms with Crippen molar-refractivity contribution < 1.29 is 14.0 Å². The number of hydrogen-bond donors (Lipinski definition) is 2. The maximum atomic E-state index is 13.0. The van der Waals surface area contributed by atoms with Crippen molar-refractivity contribution in [2.45, 2.75) is 33.6 Å². The summed E-state index contributed by atoms with van der Waals surface area (Å²) in [6, 6.07) is 9.45. The topological polar surface area (TPSA) is 58.2 Å². The molecule has 25 heavy (non-hydrogen) atoms. The maximum absolute atomic E-state index is 13.0. The Bertz CT molecular complexity index is 840. The number of carbonyl (C=O) groups excluding carboxylic acids is 2. The molecule has 1 saturated carbocycles. The molecular formula is C20H21FN2O2. The molecule has 0 spiro atoms. The zero-order chi connectivity index (χ0) is 18.2. The number of carbonyl (C=O) groups is 2. The molecule has 0 radical (unpaired) electrons. The van der Waals surface area contributed by atoms with Gasteiger partial charge in [-0.05, 0) is 80.6 Å². The highest BCUT2D eigenvalue weighted by molar-refractivity contribution is 6.17. The van der Waals surface area contributed by atoms with Gasteiger partial charge in [-0.1, -0.05) is 6.07 Å². The molecule has 0 heterocycles. The fourth-order valence-corrected chi connectivity index (χ4v) is 2.80. The second kappa shape index (κ2) is 6.31. The van der Waals surface area contributed by atoms with Crippen LogP contribution in [0.2, 0.25) is 0 Å². The molecule has 0 atom stereocenters. The average molecular weight is 340 g/mol. The van der Waals surface area contributed by atoms with Gasteiger partial charge < -0.3 is 10.6 Å². The van der Waals surface area contributed by atoms with Gasteiger partial charge in [-0.3, -0.25) is 9.59 Å². The molecule has 2 aromatic rings. The zero-order valence-corrected chi connectivity index (χ0v) is 14.6. The third-order valence-electron chi connectivity index (χ3n) is 4.81. The Morgan fingerprint density at radius 3 is 2.04 bits per heavy atom. The maximum Gasteiger partial charge on any atom is 0.240 e. The van der Waals surface area contributed by atoms with E-state index in [0.29, 0.717) is 18.5 Å². The number of amides is 2. The van der Waals surface area contributed by atoms with Gasteiger partial charge in [0.1, 0.15) is 11.2 Å². The Morgan fingerprint density at radius 1 is 0.880 bits per heavy atom. The van der Waals surface area contributed by atoms with Gasteiger partial charge in [-0.25, -0.2) is 4.39 Å². The van der Waals surface area contributed by atoms with E-state index in [1.807, 2.05) is 32.9 Å². The van der Waals surface area contributed by atoms with E-state index in [1.54, 1.807) is 0 Å². The van der Waals surface area contributed by atoms with Gasteiger partial charge in [0.25, 0.3) is 0 Å². The Morgan fingerprint density at radius 2 is 1.44 bits per heavy atom. The molecule has 2 aromatic carbocycles. The summed E-state index contributed by atoms with van der Waals surface area (Å²) in [6.45, 7) is 5.94. The molecule has 130 valence electrons. The summed E-state index contributed by atoms with van der Waals surface area (Å²) in [6.07, 6.45) is 1.02. The molecule has 5 heteroatoms. The third-order valence-corrected chi connectivity index (χ3v) is 4.81. The Labute approximate surface area is 146 Å². The van der Waals surface area contributed by atoms with Crippen molar-refractivity contribution >= 4 is 23.2 Å². The van der Waals surface area contributed by atoms with Crippen molar-refractivity contribution in [3.05, 3.63) is 58.9 Å². The molecule has 0 aliphatic heterocycles. The van der Waals surface area contributed by atoms with Crippen LogP contribution in [-0.2, 0) is 9.59 Å². The highest BCUT2D eigenvalue weighted by Gasteiger charge is 2.56. The molecule has 0 unspecified atom stereocenters. The predicted molar refractivity (Wildman–Crippen MR) is 96.0 cm³/mol. The number of halogens is 1. The lowest BCUT2D eigenvalue weighted by Crippen LogP contribution is -2.35. The van der Waals surface area contributed by atoms with Crippen molar-refractivity contribution in [3.8, 4) is 0 Å². The molecule has 1 aliphatic rings. The summed E-state index contributed by atoms with van der Waals surface area (Å²) in [5.74, 6) is -1.02. The summed E-state index contributed by atoms with van der Waals surface area (Å²) in [5.41, 5.74) is 3.37. The van der Waals surface area contributed by atoms with Crippen molar-refractivity contribution in [3.63, 3.8) is 0 Å². The Kier molecular flexibility index (Phi) is 4.33. The first-order valence-corrected chi connectivity index (χ1v) is 8.28. The molecule has 4 nitrogen and oxygen atoms in total. The quantitative estimate of drug-likeness (QED) is 0.823. The van der Waals surface area contributed by atoms with Crippen molar-refractivity contribution in [1.82, 2.24) is 0 Å². The summed E-state index contributed by atoms with van der Waals surface area (Å²) >= 11 is 0. The first kappa shape index (κ1) is 17.1. The van der Waals surface area contributed by atoms with Gasteiger partial charge >= 0.3 is 0 Å². The monoisotopic (exact) mass is 340 g/mol. The number of aryl methyl sites for hydroxylation is 3. The number of hydrogen-bond acceptors (Lipinski definition) is 2. The largest absolute Gasteiger partial charge is 0.325 e. The molecule has 0 saturated heterocycles. The van der Waals surface area contributed by atoms with E-state index in [4.69, 9.17) is 0 Å². The van der Waals surface area contributed by atoms with Gasteiger partial charge in [0.2, 0.25) is 11.8 Å². The summed E-state index contributed by atoms with van der Waals surface area (Å²) in [5, 5.41) is 5.60. The SMILES string of the molecule is Cc1cc(C)c(NC(=O)C2(C(=O)Nc3ccc(F)cc3)CC2)cc1C. The van der Waals surface area contributed by atoms with Crippen LogP contribution in [0.4, 0.5) is 15.8 Å². The second-order valence-corrected chi connectivity index (χ2v) is 6.75. The zero-order valence-electron chi connectivity index (χ0n) is 14.6. The first-order valence-electron chi connectivity index (χ1n) is 8.28. The first-order chi connectivity index (χ1) is 11.8. The molecule has 0 aromatic heterocycles. The van der Waals surface area contributed by atoms with Crippen LogP contribution in [0.15, 0.2) is 36.4 Å². The summed E-state index contributed by atoms with van der Waals surface area (Å²) < 4.78 is 13.0. The minimum atomic E-state index is -1.04. The van der Waals surface area contributed by atoms with Gasteiger partial charge in [-0.15, -0.1) is 0 Å². The normalized spacial score (nSPS) is 14.7. The van der Waals surface area contributed by atoms with Gasteiger partial charge in [0.05, 0.1) is 0 Å². The summed E-state index contributed by atoms with van der Waals surface area (Å²) in [4.78, 5) is 25.3. The van der Waals surface area contributed by atoms with Crippen molar-refractivity contribution in [2.75, 3.05) is 10.6 Å².